The van der Waals surface area contributed by atoms with Crippen LogP contribution in [0.2, 0.25) is 0 Å². The fourth-order valence-electron chi connectivity index (χ4n) is 1.32. The standard InChI is InChI=1S/C10H15NO2S/c1-7(11-8(2)10(12)13)5-9-3-4-14-6-9/h3-4,6-8,11H,5H2,1-2H3,(H,12,13). The van der Waals surface area contributed by atoms with E-state index >= 15 is 0 Å². The van der Waals surface area contributed by atoms with E-state index < -0.39 is 12.0 Å². The topological polar surface area (TPSA) is 49.3 Å². The molecule has 0 aromatic carbocycles. The zero-order valence-corrected chi connectivity index (χ0v) is 9.17. The van der Waals surface area contributed by atoms with E-state index in [0.717, 1.165) is 6.42 Å². The molecule has 0 aliphatic carbocycles. The summed E-state index contributed by atoms with van der Waals surface area (Å²) in [5, 5.41) is 15.8. The van der Waals surface area contributed by atoms with Gasteiger partial charge in [0.15, 0.2) is 0 Å². The van der Waals surface area contributed by atoms with Crippen molar-refractivity contribution in [3.05, 3.63) is 22.4 Å². The molecular weight excluding hydrogens is 198 g/mol. The lowest BCUT2D eigenvalue weighted by Gasteiger charge is -2.16. The third-order valence-electron chi connectivity index (χ3n) is 2.03. The maximum atomic E-state index is 10.6. The Hall–Kier alpha value is -0.870. The number of nitrogens with one attached hydrogen (secondary N) is 1. The number of hydrogen-bond donors (Lipinski definition) is 2. The molecule has 1 rings (SSSR count). The van der Waals surface area contributed by atoms with Gasteiger partial charge in [-0.2, -0.15) is 11.3 Å². The predicted molar refractivity (Wildman–Crippen MR) is 57.7 cm³/mol. The fraction of sp³-hybridized carbons (Fsp3) is 0.500. The molecule has 0 aliphatic heterocycles. The smallest absolute Gasteiger partial charge is 0.320 e. The molecule has 4 heteroatoms. The molecule has 14 heavy (non-hydrogen) atoms. The molecule has 0 amide bonds. The van der Waals surface area contributed by atoms with Gasteiger partial charge in [-0.25, -0.2) is 0 Å². The van der Waals surface area contributed by atoms with Gasteiger partial charge in [-0.3, -0.25) is 4.79 Å². The second kappa shape index (κ2) is 5.12. The van der Waals surface area contributed by atoms with Crippen LogP contribution in [0, 0.1) is 0 Å². The average Bonchev–Trinajstić information content (AvgIpc) is 2.56. The van der Waals surface area contributed by atoms with Crippen LogP contribution in [0.5, 0.6) is 0 Å². The van der Waals surface area contributed by atoms with Gasteiger partial charge in [-0.1, -0.05) is 0 Å². The first kappa shape index (κ1) is 11.2. The Kier molecular flexibility index (Phi) is 4.10. The molecular formula is C10H15NO2S. The summed E-state index contributed by atoms with van der Waals surface area (Å²) in [4.78, 5) is 10.6. The number of aliphatic carboxylic acids is 1. The van der Waals surface area contributed by atoms with Gasteiger partial charge in [-0.05, 0) is 42.7 Å². The minimum atomic E-state index is -0.804. The van der Waals surface area contributed by atoms with Crippen molar-refractivity contribution in [2.24, 2.45) is 0 Å². The van der Waals surface area contributed by atoms with E-state index in [4.69, 9.17) is 5.11 Å². The maximum Gasteiger partial charge on any atom is 0.320 e. The summed E-state index contributed by atoms with van der Waals surface area (Å²) in [5.74, 6) is -0.804. The number of rotatable bonds is 5. The predicted octanol–water partition coefficient (Wildman–Crippen LogP) is 1.74. The molecule has 0 bridgehead atoms. The molecule has 3 nitrogen and oxygen atoms in total. The Balaban J connectivity index is 2.36. The fourth-order valence-corrected chi connectivity index (χ4v) is 2.00. The highest BCUT2D eigenvalue weighted by atomic mass is 32.1. The molecule has 2 unspecified atom stereocenters. The lowest BCUT2D eigenvalue weighted by atomic mass is 10.1. The molecule has 0 radical (unpaired) electrons. The Labute approximate surface area is 87.8 Å². The van der Waals surface area contributed by atoms with Crippen molar-refractivity contribution in [1.29, 1.82) is 0 Å². The van der Waals surface area contributed by atoms with Gasteiger partial charge in [0.1, 0.15) is 6.04 Å². The highest BCUT2D eigenvalue weighted by molar-refractivity contribution is 7.07. The summed E-state index contributed by atoms with van der Waals surface area (Å²) >= 11 is 1.66. The van der Waals surface area contributed by atoms with Crippen molar-refractivity contribution >= 4 is 17.3 Å². The van der Waals surface area contributed by atoms with Crippen molar-refractivity contribution in [2.45, 2.75) is 32.4 Å². The minimum absolute atomic E-state index is 0.190. The zero-order valence-electron chi connectivity index (χ0n) is 8.36. The molecule has 0 spiro atoms. The van der Waals surface area contributed by atoms with Crippen LogP contribution >= 0.6 is 11.3 Å². The molecule has 2 N–H and O–H groups in total. The molecule has 0 fully saturated rings. The van der Waals surface area contributed by atoms with Crippen LogP contribution in [-0.4, -0.2) is 23.2 Å². The van der Waals surface area contributed by atoms with E-state index in [2.05, 4.69) is 16.8 Å². The van der Waals surface area contributed by atoms with Gasteiger partial charge in [0.05, 0.1) is 0 Å². The zero-order chi connectivity index (χ0) is 10.6. The van der Waals surface area contributed by atoms with Crippen molar-refractivity contribution < 1.29 is 9.90 Å². The van der Waals surface area contributed by atoms with Gasteiger partial charge in [0.25, 0.3) is 0 Å². The lowest BCUT2D eigenvalue weighted by molar-refractivity contribution is -0.139. The first-order chi connectivity index (χ1) is 6.59. The second-order valence-electron chi connectivity index (χ2n) is 3.46. The summed E-state index contributed by atoms with van der Waals surface area (Å²) in [6, 6.07) is 1.77. The third kappa shape index (κ3) is 3.47. The average molecular weight is 213 g/mol. The van der Waals surface area contributed by atoms with Gasteiger partial charge in [-0.15, -0.1) is 0 Å². The normalized spacial score (nSPS) is 15.0. The van der Waals surface area contributed by atoms with Crippen LogP contribution in [0.1, 0.15) is 19.4 Å². The molecule has 1 aromatic heterocycles. The quantitative estimate of drug-likeness (QED) is 0.783. The van der Waals surface area contributed by atoms with E-state index in [1.54, 1.807) is 18.3 Å². The Morgan fingerprint density at radius 3 is 2.86 bits per heavy atom. The number of carbonyl (C=O) groups is 1. The molecule has 0 saturated heterocycles. The first-order valence-electron chi connectivity index (χ1n) is 4.59. The lowest BCUT2D eigenvalue weighted by Crippen LogP contribution is -2.40. The van der Waals surface area contributed by atoms with Crippen molar-refractivity contribution in [3.63, 3.8) is 0 Å². The van der Waals surface area contributed by atoms with E-state index in [9.17, 15) is 4.79 Å². The number of carboxylic acids is 1. The van der Waals surface area contributed by atoms with Gasteiger partial charge < -0.3 is 10.4 Å². The van der Waals surface area contributed by atoms with Gasteiger partial charge in [0, 0.05) is 6.04 Å². The third-order valence-corrected chi connectivity index (χ3v) is 2.76. The summed E-state index contributed by atoms with van der Waals surface area (Å²) in [5.41, 5.74) is 1.26. The van der Waals surface area contributed by atoms with Crippen molar-refractivity contribution in [3.8, 4) is 0 Å². The highest BCUT2D eigenvalue weighted by Gasteiger charge is 2.13. The van der Waals surface area contributed by atoms with E-state index in [1.807, 2.05) is 12.3 Å². The monoisotopic (exact) mass is 213 g/mol. The summed E-state index contributed by atoms with van der Waals surface area (Å²) in [7, 11) is 0. The highest BCUT2D eigenvalue weighted by Crippen LogP contribution is 2.08. The number of hydrogen-bond acceptors (Lipinski definition) is 3. The Morgan fingerprint density at radius 1 is 1.64 bits per heavy atom. The molecule has 0 saturated carbocycles. The number of thiophene rings is 1. The van der Waals surface area contributed by atoms with Crippen LogP contribution in [0.3, 0.4) is 0 Å². The number of carboxylic acid groups (broad SMARTS) is 1. The molecule has 0 aliphatic rings. The van der Waals surface area contributed by atoms with E-state index in [0.29, 0.717) is 0 Å². The summed E-state index contributed by atoms with van der Waals surface area (Å²) in [6.07, 6.45) is 0.876. The van der Waals surface area contributed by atoms with Crippen LogP contribution in [-0.2, 0) is 11.2 Å². The van der Waals surface area contributed by atoms with E-state index in [1.165, 1.54) is 5.56 Å². The van der Waals surface area contributed by atoms with Crippen LogP contribution < -0.4 is 5.32 Å². The van der Waals surface area contributed by atoms with Gasteiger partial charge in [0.2, 0.25) is 0 Å². The Bertz CT molecular complexity index is 284. The minimum Gasteiger partial charge on any atom is -0.480 e. The first-order valence-corrected chi connectivity index (χ1v) is 5.54. The van der Waals surface area contributed by atoms with Crippen LogP contribution in [0.4, 0.5) is 0 Å². The molecule has 1 aromatic rings. The molecule has 78 valence electrons. The summed E-state index contributed by atoms with van der Waals surface area (Å²) in [6.45, 7) is 3.66. The second-order valence-corrected chi connectivity index (χ2v) is 4.24. The van der Waals surface area contributed by atoms with Crippen molar-refractivity contribution in [2.75, 3.05) is 0 Å². The van der Waals surface area contributed by atoms with Crippen LogP contribution in [0.15, 0.2) is 16.8 Å². The van der Waals surface area contributed by atoms with Gasteiger partial charge >= 0.3 is 5.97 Å². The Morgan fingerprint density at radius 2 is 2.36 bits per heavy atom. The van der Waals surface area contributed by atoms with E-state index in [-0.39, 0.29) is 6.04 Å². The van der Waals surface area contributed by atoms with Crippen molar-refractivity contribution in [1.82, 2.24) is 5.32 Å². The van der Waals surface area contributed by atoms with Crippen LogP contribution in [0.25, 0.3) is 0 Å². The SMILES string of the molecule is CC(Cc1ccsc1)NC(C)C(=O)O. The molecule has 2 atom stereocenters. The maximum absolute atomic E-state index is 10.6. The summed E-state index contributed by atoms with van der Waals surface area (Å²) < 4.78 is 0. The molecule has 1 heterocycles. The largest absolute Gasteiger partial charge is 0.480 e.